The van der Waals surface area contributed by atoms with Crippen LogP contribution in [0.1, 0.15) is 21.5 Å². The van der Waals surface area contributed by atoms with Crippen molar-refractivity contribution in [2.75, 3.05) is 0 Å². The number of carbonyl (C=O) groups excluding carboxylic acids is 1. The van der Waals surface area contributed by atoms with Crippen LogP contribution < -0.4 is 5.43 Å². The highest BCUT2D eigenvalue weighted by atomic mass is 35.5. The molecule has 0 fully saturated rings. The summed E-state index contributed by atoms with van der Waals surface area (Å²) in [6, 6.07) is 19.0. The first-order chi connectivity index (χ1) is 11.1. The van der Waals surface area contributed by atoms with Gasteiger partial charge in [-0.05, 0) is 41.0 Å². The summed E-state index contributed by atoms with van der Waals surface area (Å²) in [5.41, 5.74) is 5.03. The van der Waals surface area contributed by atoms with Crippen LogP contribution in [-0.4, -0.2) is 12.1 Å². The Kier molecular flexibility index (Phi) is 4.40. The average molecular weight is 323 g/mol. The fourth-order valence-electron chi connectivity index (χ4n) is 2.45. The molecule has 0 bridgehead atoms. The Morgan fingerprint density at radius 2 is 1.78 bits per heavy atom. The van der Waals surface area contributed by atoms with Crippen LogP contribution in [-0.2, 0) is 0 Å². The molecule has 0 atom stereocenters. The summed E-state index contributed by atoms with van der Waals surface area (Å²) in [5.74, 6) is -0.218. The quantitative estimate of drug-likeness (QED) is 0.557. The summed E-state index contributed by atoms with van der Waals surface area (Å²) >= 11 is 5.83. The van der Waals surface area contributed by atoms with Gasteiger partial charge in [-0.3, -0.25) is 4.79 Å². The highest BCUT2D eigenvalue weighted by Gasteiger charge is 2.12. The molecule has 0 saturated heterocycles. The molecule has 1 N–H and O–H groups in total. The molecule has 1 amide bonds. The van der Waals surface area contributed by atoms with Gasteiger partial charge in [-0.1, -0.05) is 60.1 Å². The molecule has 0 radical (unpaired) electrons. The summed E-state index contributed by atoms with van der Waals surface area (Å²) in [6.45, 7) is 1.92. The van der Waals surface area contributed by atoms with Gasteiger partial charge in [0.05, 0.1) is 11.8 Å². The van der Waals surface area contributed by atoms with E-state index in [-0.39, 0.29) is 5.91 Å². The molecule has 0 aromatic heterocycles. The van der Waals surface area contributed by atoms with Crippen molar-refractivity contribution in [2.24, 2.45) is 5.10 Å². The lowest BCUT2D eigenvalue weighted by atomic mass is 9.99. The molecule has 0 saturated carbocycles. The zero-order chi connectivity index (χ0) is 16.2. The van der Waals surface area contributed by atoms with E-state index < -0.39 is 0 Å². The maximum atomic E-state index is 12.5. The topological polar surface area (TPSA) is 41.5 Å². The molecule has 0 heterocycles. The number of halogens is 1. The number of aryl methyl sites for hydroxylation is 1. The predicted molar refractivity (Wildman–Crippen MR) is 95.2 cm³/mol. The van der Waals surface area contributed by atoms with E-state index in [0.29, 0.717) is 10.6 Å². The highest BCUT2D eigenvalue weighted by molar-refractivity contribution is 6.30. The smallest absolute Gasteiger partial charge is 0.267 e. The molecule has 3 aromatic rings. The van der Waals surface area contributed by atoms with E-state index in [0.717, 1.165) is 21.9 Å². The second kappa shape index (κ2) is 6.63. The van der Waals surface area contributed by atoms with Gasteiger partial charge in [0.1, 0.15) is 0 Å². The summed E-state index contributed by atoms with van der Waals surface area (Å²) < 4.78 is 0. The van der Waals surface area contributed by atoms with Gasteiger partial charge in [0.25, 0.3) is 5.91 Å². The van der Waals surface area contributed by atoms with E-state index in [4.69, 9.17) is 11.6 Å². The maximum absolute atomic E-state index is 12.5. The van der Waals surface area contributed by atoms with Gasteiger partial charge in [-0.25, -0.2) is 5.43 Å². The lowest BCUT2D eigenvalue weighted by molar-refractivity contribution is 0.0956. The van der Waals surface area contributed by atoms with Gasteiger partial charge in [-0.2, -0.15) is 5.10 Å². The Morgan fingerprint density at radius 1 is 1.04 bits per heavy atom. The molecule has 23 heavy (non-hydrogen) atoms. The maximum Gasteiger partial charge on any atom is 0.272 e. The lowest BCUT2D eigenvalue weighted by Gasteiger charge is -2.08. The number of fused-ring (bicyclic) bond motifs is 1. The molecular formula is C19H15ClN2O. The molecule has 0 unspecified atom stereocenters. The minimum Gasteiger partial charge on any atom is -0.267 e. The minimum atomic E-state index is -0.218. The first-order valence-corrected chi connectivity index (χ1v) is 7.60. The number of hydrogen-bond acceptors (Lipinski definition) is 2. The zero-order valence-electron chi connectivity index (χ0n) is 12.6. The van der Waals surface area contributed by atoms with Crippen molar-refractivity contribution >= 4 is 34.5 Å². The van der Waals surface area contributed by atoms with Crippen LogP contribution in [0.2, 0.25) is 5.02 Å². The van der Waals surface area contributed by atoms with Crippen LogP contribution >= 0.6 is 11.6 Å². The minimum absolute atomic E-state index is 0.218. The van der Waals surface area contributed by atoms with Crippen LogP contribution in [0.4, 0.5) is 0 Å². The van der Waals surface area contributed by atoms with Crippen molar-refractivity contribution in [3.8, 4) is 0 Å². The Morgan fingerprint density at radius 3 is 2.57 bits per heavy atom. The van der Waals surface area contributed by atoms with Crippen molar-refractivity contribution in [2.45, 2.75) is 6.92 Å². The van der Waals surface area contributed by atoms with E-state index in [9.17, 15) is 4.79 Å². The molecular weight excluding hydrogens is 308 g/mol. The predicted octanol–water partition coefficient (Wildman–Crippen LogP) is 4.57. The first-order valence-electron chi connectivity index (χ1n) is 7.22. The van der Waals surface area contributed by atoms with Crippen LogP contribution in [0.3, 0.4) is 0 Å². The van der Waals surface area contributed by atoms with Crippen molar-refractivity contribution in [1.82, 2.24) is 5.43 Å². The van der Waals surface area contributed by atoms with Crippen molar-refractivity contribution in [3.05, 3.63) is 82.4 Å². The highest BCUT2D eigenvalue weighted by Crippen LogP contribution is 2.22. The van der Waals surface area contributed by atoms with Gasteiger partial charge >= 0.3 is 0 Å². The number of amides is 1. The number of benzene rings is 3. The third kappa shape index (κ3) is 3.41. The summed E-state index contributed by atoms with van der Waals surface area (Å²) in [7, 11) is 0. The van der Waals surface area contributed by atoms with Crippen molar-refractivity contribution in [3.63, 3.8) is 0 Å². The molecule has 0 aliphatic carbocycles. The van der Waals surface area contributed by atoms with Gasteiger partial charge in [0, 0.05) is 5.02 Å². The summed E-state index contributed by atoms with van der Waals surface area (Å²) in [4.78, 5) is 12.5. The Labute approximate surface area is 139 Å². The zero-order valence-corrected chi connectivity index (χ0v) is 13.3. The number of nitrogens with zero attached hydrogens (tertiary/aromatic N) is 1. The normalized spacial score (nSPS) is 11.0. The van der Waals surface area contributed by atoms with Crippen LogP contribution in [0, 0.1) is 6.92 Å². The SMILES string of the molecule is Cc1ccc2ccccc2c1C(=O)N/N=C\c1ccc(Cl)cc1. The fourth-order valence-corrected chi connectivity index (χ4v) is 2.58. The number of carbonyl (C=O) groups is 1. The molecule has 0 spiro atoms. The first kappa shape index (κ1) is 15.3. The average Bonchev–Trinajstić information content (AvgIpc) is 2.56. The largest absolute Gasteiger partial charge is 0.272 e. The van der Waals surface area contributed by atoms with E-state index >= 15 is 0 Å². The van der Waals surface area contributed by atoms with E-state index in [2.05, 4.69) is 10.5 Å². The molecule has 3 aromatic carbocycles. The van der Waals surface area contributed by atoms with Gasteiger partial charge < -0.3 is 0 Å². The second-order valence-electron chi connectivity index (χ2n) is 5.23. The lowest BCUT2D eigenvalue weighted by Crippen LogP contribution is -2.19. The fraction of sp³-hybridized carbons (Fsp3) is 0.0526. The van der Waals surface area contributed by atoms with Gasteiger partial charge in [0.2, 0.25) is 0 Å². The van der Waals surface area contributed by atoms with E-state index in [1.165, 1.54) is 0 Å². The third-order valence-electron chi connectivity index (χ3n) is 3.61. The molecule has 4 heteroatoms. The molecule has 0 aliphatic heterocycles. The molecule has 3 rings (SSSR count). The van der Waals surface area contributed by atoms with Gasteiger partial charge in [-0.15, -0.1) is 0 Å². The monoisotopic (exact) mass is 322 g/mol. The Balaban J connectivity index is 1.83. The van der Waals surface area contributed by atoms with E-state index in [1.807, 2.05) is 55.5 Å². The number of nitrogens with one attached hydrogen (secondary N) is 1. The number of hydrazone groups is 1. The molecule has 0 aliphatic rings. The standard InChI is InChI=1S/C19H15ClN2O/c1-13-6-9-15-4-2-3-5-17(15)18(13)19(23)22-21-12-14-7-10-16(20)11-8-14/h2-12H,1H3,(H,22,23)/b21-12-. The van der Waals surface area contributed by atoms with Crippen LogP contribution in [0.5, 0.6) is 0 Å². The Hall–Kier alpha value is -2.65. The third-order valence-corrected chi connectivity index (χ3v) is 3.87. The Bertz CT molecular complexity index is 886. The molecule has 3 nitrogen and oxygen atoms in total. The van der Waals surface area contributed by atoms with Crippen molar-refractivity contribution < 1.29 is 4.79 Å². The van der Waals surface area contributed by atoms with Crippen LogP contribution in [0.15, 0.2) is 65.8 Å². The second-order valence-corrected chi connectivity index (χ2v) is 5.67. The van der Waals surface area contributed by atoms with Crippen molar-refractivity contribution in [1.29, 1.82) is 0 Å². The number of hydrogen-bond donors (Lipinski definition) is 1. The van der Waals surface area contributed by atoms with Gasteiger partial charge in [0.15, 0.2) is 0 Å². The number of rotatable bonds is 3. The van der Waals surface area contributed by atoms with E-state index in [1.54, 1.807) is 18.3 Å². The summed E-state index contributed by atoms with van der Waals surface area (Å²) in [6.07, 6.45) is 1.59. The van der Waals surface area contributed by atoms with Crippen LogP contribution in [0.25, 0.3) is 10.8 Å². The summed E-state index contributed by atoms with van der Waals surface area (Å²) in [5, 5.41) is 6.65. The molecule has 114 valence electrons.